The summed E-state index contributed by atoms with van der Waals surface area (Å²) < 4.78 is 39.3. The molecule has 4 nitrogen and oxygen atoms in total. The molecular formula is C12H10ClF3N4. The van der Waals surface area contributed by atoms with Crippen molar-refractivity contribution in [3.05, 3.63) is 34.5 Å². The van der Waals surface area contributed by atoms with Crippen molar-refractivity contribution in [2.45, 2.75) is 24.9 Å². The molecule has 0 spiro atoms. The molecule has 0 saturated heterocycles. The Morgan fingerprint density at radius 3 is 2.55 bits per heavy atom. The fourth-order valence-electron chi connectivity index (χ4n) is 2.07. The Bertz CT molecular complexity index is 661. The van der Waals surface area contributed by atoms with Crippen LogP contribution in [0.2, 0.25) is 5.02 Å². The fraction of sp³-hybridized carbons (Fsp3) is 0.333. The molecule has 20 heavy (non-hydrogen) atoms. The van der Waals surface area contributed by atoms with Crippen LogP contribution >= 0.6 is 11.6 Å². The Morgan fingerprint density at radius 1 is 1.30 bits per heavy atom. The molecule has 106 valence electrons. The van der Waals surface area contributed by atoms with E-state index in [1.165, 1.54) is 10.7 Å². The number of nitrogen functional groups attached to an aromatic ring is 1. The SMILES string of the molecule is Nc1nnn(-c2ccc(C(F)(F)F)cc2Cl)c1C1CC1. The molecule has 1 heterocycles. The maximum absolute atomic E-state index is 12.6. The molecule has 1 fully saturated rings. The third-order valence-corrected chi connectivity index (χ3v) is 3.50. The quantitative estimate of drug-likeness (QED) is 0.925. The average molecular weight is 303 g/mol. The van der Waals surface area contributed by atoms with Gasteiger partial charge >= 0.3 is 6.18 Å². The number of rotatable bonds is 2. The normalized spacial score (nSPS) is 15.6. The second kappa shape index (κ2) is 4.37. The molecule has 2 N–H and O–H groups in total. The molecule has 1 aromatic heterocycles. The summed E-state index contributed by atoms with van der Waals surface area (Å²) in [5, 5.41) is 7.62. The van der Waals surface area contributed by atoms with Gasteiger partial charge in [-0.05, 0) is 31.0 Å². The second-order valence-corrected chi connectivity index (χ2v) is 5.12. The van der Waals surface area contributed by atoms with E-state index in [2.05, 4.69) is 10.3 Å². The number of hydrogen-bond donors (Lipinski definition) is 1. The molecule has 0 bridgehead atoms. The van der Waals surface area contributed by atoms with E-state index in [0.717, 1.165) is 25.0 Å². The van der Waals surface area contributed by atoms with Gasteiger partial charge in [0.1, 0.15) is 0 Å². The Labute approximate surface area is 117 Å². The molecule has 1 saturated carbocycles. The van der Waals surface area contributed by atoms with Crippen molar-refractivity contribution in [3.8, 4) is 5.69 Å². The Hall–Kier alpha value is -1.76. The van der Waals surface area contributed by atoms with Crippen LogP contribution in [0.5, 0.6) is 0 Å². The molecule has 1 aromatic carbocycles. The number of anilines is 1. The zero-order valence-corrected chi connectivity index (χ0v) is 10.9. The monoisotopic (exact) mass is 302 g/mol. The first-order chi connectivity index (χ1) is 9.38. The number of nitrogens with zero attached hydrogens (tertiary/aromatic N) is 3. The van der Waals surface area contributed by atoms with Gasteiger partial charge in [0.15, 0.2) is 5.82 Å². The van der Waals surface area contributed by atoms with Crippen molar-refractivity contribution in [3.63, 3.8) is 0 Å². The molecule has 2 aromatic rings. The number of halogens is 4. The van der Waals surface area contributed by atoms with Crippen LogP contribution in [-0.2, 0) is 6.18 Å². The lowest BCUT2D eigenvalue weighted by molar-refractivity contribution is -0.137. The Balaban J connectivity index is 2.07. The summed E-state index contributed by atoms with van der Waals surface area (Å²) in [6, 6.07) is 3.13. The van der Waals surface area contributed by atoms with Gasteiger partial charge < -0.3 is 5.73 Å². The van der Waals surface area contributed by atoms with Crippen LogP contribution in [0.15, 0.2) is 18.2 Å². The maximum Gasteiger partial charge on any atom is 0.416 e. The molecule has 0 unspecified atom stereocenters. The van der Waals surface area contributed by atoms with Gasteiger partial charge in [-0.25, -0.2) is 4.68 Å². The lowest BCUT2D eigenvalue weighted by Gasteiger charge is -2.11. The van der Waals surface area contributed by atoms with Gasteiger partial charge in [-0.15, -0.1) is 5.10 Å². The zero-order chi connectivity index (χ0) is 14.5. The van der Waals surface area contributed by atoms with E-state index in [4.69, 9.17) is 17.3 Å². The minimum Gasteiger partial charge on any atom is -0.381 e. The predicted molar refractivity (Wildman–Crippen MR) is 67.8 cm³/mol. The first-order valence-electron chi connectivity index (χ1n) is 5.96. The molecule has 1 aliphatic carbocycles. The fourth-order valence-corrected chi connectivity index (χ4v) is 2.33. The number of nitrogens with two attached hydrogens (primary N) is 1. The topological polar surface area (TPSA) is 56.7 Å². The minimum atomic E-state index is -4.43. The van der Waals surface area contributed by atoms with Gasteiger partial charge in [-0.3, -0.25) is 0 Å². The van der Waals surface area contributed by atoms with Crippen LogP contribution in [0.4, 0.5) is 19.0 Å². The first-order valence-corrected chi connectivity index (χ1v) is 6.34. The Morgan fingerprint density at radius 2 is 2.00 bits per heavy atom. The molecule has 0 aliphatic heterocycles. The van der Waals surface area contributed by atoms with Gasteiger partial charge in [-0.2, -0.15) is 13.2 Å². The summed E-state index contributed by atoms with van der Waals surface area (Å²) >= 11 is 5.95. The molecule has 1 aliphatic rings. The minimum absolute atomic E-state index is 0.0355. The number of benzene rings is 1. The van der Waals surface area contributed by atoms with Crippen molar-refractivity contribution >= 4 is 17.4 Å². The number of aromatic nitrogens is 3. The lowest BCUT2D eigenvalue weighted by atomic mass is 10.2. The largest absolute Gasteiger partial charge is 0.416 e. The van der Waals surface area contributed by atoms with Crippen molar-refractivity contribution in [1.29, 1.82) is 0 Å². The van der Waals surface area contributed by atoms with Gasteiger partial charge in [-0.1, -0.05) is 16.8 Å². The van der Waals surface area contributed by atoms with Crippen LogP contribution in [0.1, 0.15) is 30.0 Å². The average Bonchev–Trinajstić information content (AvgIpc) is 3.12. The summed E-state index contributed by atoms with van der Waals surface area (Å²) in [5.41, 5.74) is 6.02. The third-order valence-electron chi connectivity index (χ3n) is 3.20. The van der Waals surface area contributed by atoms with Gasteiger partial charge in [0, 0.05) is 5.92 Å². The van der Waals surface area contributed by atoms with Crippen molar-refractivity contribution in [2.24, 2.45) is 0 Å². The first kappa shape index (κ1) is 13.2. The standard InChI is InChI=1S/C12H10ClF3N4/c13-8-5-7(12(14,15)16)3-4-9(8)20-10(6-1-2-6)11(17)18-19-20/h3-6H,1-2,17H2. The van der Waals surface area contributed by atoms with E-state index in [1.54, 1.807) is 0 Å². The summed E-state index contributed by atoms with van der Waals surface area (Å²) in [6.45, 7) is 0. The second-order valence-electron chi connectivity index (χ2n) is 4.71. The van der Waals surface area contributed by atoms with Gasteiger partial charge in [0.2, 0.25) is 0 Å². The van der Waals surface area contributed by atoms with Crippen molar-refractivity contribution < 1.29 is 13.2 Å². The summed E-state index contributed by atoms with van der Waals surface area (Å²) in [5.74, 6) is 0.548. The van der Waals surface area contributed by atoms with E-state index in [-0.39, 0.29) is 10.9 Å². The van der Waals surface area contributed by atoms with Crippen LogP contribution in [0, 0.1) is 0 Å². The van der Waals surface area contributed by atoms with E-state index >= 15 is 0 Å². The molecule has 8 heteroatoms. The highest BCUT2D eigenvalue weighted by atomic mass is 35.5. The van der Waals surface area contributed by atoms with Crippen LogP contribution in [0.3, 0.4) is 0 Å². The smallest absolute Gasteiger partial charge is 0.381 e. The molecule has 0 amide bonds. The summed E-state index contributed by atoms with van der Waals surface area (Å²) in [4.78, 5) is 0. The molecular weight excluding hydrogens is 293 g/mol. The highest BCUT2D eigenvalue weighted by Crippen LogP contribution is 2.43. The van der Waals surface area contributed by atoms with Gasteiger partial charge in [0.25, 0.3) is 0 Å². The van der Waals surface area contributed by atoms with Crippen LogP contribution in [0.25, 0.3) is 5.69 Å². The Kier molecular flexibility index (Phi) is 2.89. The molecule has 0 atom stereocenters. The van der Waals surface area contributed by atoms with Crippen LogP contribution < -0.4 is 5.73 Å². The number of hydrogen-bond acceptors (Lipinski definition) is 3. The maximum atomic E-state index is 12.6. The zero-order valence-electron chi connectivity index (χ0n) is 10.2. The van der Waals surface area contributed by atoms with Crippen molar-refractivity contribution in [1.82, 2.24) is 15.0 Å². The van der Waals surface area contributed by atoms with E-state index < -0.39 is 11.7 Å². The predicted octanol–water partition coefficient (Wildman–Crippen LogP) is 3.40. The summed E-state index contributed by atoms with van der Waals surface area (Å²) in [6.07, 6.45) is -2.49. The van der Waals surface area contributed by atoms with Gasteiger partial charge in [0.05, 0.1) is 22.0 Å². The van der Waals surface area contributed by atoms with E-state index in [1.807, 2.05) is 0 Å². The summed E-state index contributed by atoms with van der Waals surface area (Å²) in [7, 11) is 0. The van der Waals surface area contributed by atoms with E-state index in [9.17, 15) is 13.2 Å². The highest BCUT2D eigenvalue weighted by Gasteiger charge is 2.33. The van der Waals surface area contributed by atoms with Crippen molar-refractivity contribution in [2.75, 3.05) is 5.73 Å². The molecule has 3 rings (SSSR count). The number of alkyl halides is 3. The third kappa shape index (κ3) is 2.22. The van der Waals surface area contributed by atoms with Crippen LogP contribution in [-0.4, -0.2) is 15.0 Å². The van der Waals surface area contributed by atoms with E-state index in [0.29, 0.717) is 17.2 Å². The highest BCUT2D eigenvalue weighted by molar-refractivity contribution is 6.32. The molecule has 0 radical (unpaired) electrons. The lowest BCUT2D eigenvalue weighted by Crippen LogP contribution is -2.07.